The van der Waals surface area contributed by atoms with Gasteiger partial charge in [0, 0.05) is 12.1 Å². The normalized spacial score (nSPS) is 12.4. The van der Waals surface area contributed by atoms with E-state index < -0.39 is 6.10 Å². The first kappa shape index (κ1) is 13.1. The van der Waals surface area contributed by atoms with Gasteiger partial charge in [-0.05, 0) is 34.1 Å². The number of nitrogens with two attached hydrogens (primary N) is 1. The number of hydrogen-bond donors (Lipinski definition) is 3. The number of aliphatic hydroxyl groups is 1. The number of hydrogen-bond acceptors (Lipinski definition) is 4. The molecule has 1 aromatic carbocycles. The highest BCUT2D eigenvalue weighted by Crippen LogP contribution is 2.30. The number of benzene rings is 1. The summed E-state index contributed by atoms with van der Waals surface area (Å²) in [5, 5.41) is 9.58. The van der Waals surface area contributed by atoms with Gasteiger partial charge in [-0.15, -0.1) is 0 Å². The van der Waals surface area contributed by atoms with Gasteiger partial charge in [-0.3, -0.25) is 0 Å². The monoisotopic (exact) mass is 311 g/mol. The van der Waals surface area contributed by atoms with Gasteiger partial charge in [0.05, 0.1) is 23.5 Å². The molecule has 0 saturated carbocycles. The van der Waals surface area contributed by atoms with Crippen LogP contribution in [0.25, 0.3) is 11.3 Å². The topological polar surface area (TPSA) is 84.2 Å². The van der Waals surface area contributed by atoms with Crippen molar-refractivity contribution in [2.45, 2.75) is 6.10 Å². The molecule has 0 radical (unpaired) electrons. The predicted molar refractivity (Wildman–Crippen MR) is 72.3 cm³/mol. The maximum absolute atomic E-state index is 9.58. The highest BCUT2D eigenvalue weighted by Gasteiger charge is 2.11. The Hall–Kier alpha value is -1.37. The summed E-state index contributed by atoms with van der Waals surface area (Å²) in [6, 6.07) is 5.69. The van der Waals surface area contributed by atoms with Crippen LogP contribution in [-0.4, -0.2) is 28.7 Å². The number of H-pyrrole nitrogens is 1. The molecule has 1 atom stereocenters. The fourth-order valence-electron chi connectivity index (χ4n) is 1.60. The summed E-state index contributed by atoms with van der Waals surface area (Å²) in [6.45, 7) is 0.138. The van der Waals surface area contributed by atoms with Gasteiger partial charge in [0.15, 0.2) is 0 Å². The van der Waals surface area contributed by atoms with E-state index in [9.17, 15) is 5.11 Å². The molecule has 1 unspecified atom stereocenters. The van der Waals surface area contributed by atoms with Crippen molar-refractivity contribution in [2.75, 3.05) is 13.7 Å². The molecular weight excluding hydrogens is 298 g/mol. The Morgan fingerprint density at radius 3 is 2.94 bits per heavy atom. The summed E-state index contributed by atoms with van der Waals surface area (Å²) in [6.07, 6.45) is 0.906. The number of imidazole rings is 1. The zero-order valence-electron chi connectivity index (χ0n) is 9.85. The molecule has 4 N–H and O–H groups in total. The molecule has 96 valence electrons. The van der Waals surface area contributed by atoms with Crippen LogP contribution in [-0.2, 0) is 0 Å². The van der Waals surface area contributed by atoms with E-state index in [2.05, 4.69) is 25.9 Å². The third kappa shape index (κ3) is 2.55. The fraction of sp³-hybridized carbons (Fsp3) is 0.250. The van der Waals surface area contributed by atoms with Crippen LogP contribution in [0.1, 0.15) is 11.9 Å². The largest absolute Gasteiger partial charge is 0.496 e. The van der Waals surface area contributed by atoms with Crippen LogP contribution in [0.5, 0.6) is 5.75 Å². The minimum absolute atomic E-state index is 0.138. The van der Waals surface area contributed by atoms with E-state index in [-0.39, 0.29) is 6.54 Å². The van der Waals surface area contributed by atoms with Gasteiger partial charge in [-0.1, -0.05) is 0 Å². The lowest BCUT2D eigenvalue weighted by Gasteiger charge is -2.05. The van der Waals surface area contributed by atoms with Crippen molar-refractivity contribution in [1.82, 2.24) is 9.97 Å². The summed E-state index contributed by atoms with van der Waals surface area (Å²) < 4.78 is 6.03. The van der Waals surface area contributed by atoms with E-state index in [1.807, 2.05) is 18.2 Å². The van der Waals surface area contributed by atoms with E-state index >= 15 is 0 Å². The molecule has 0 aliphatic heterocycles. The van der Waals surface area contributed by atoms with E-state index in [1.165, 1.54) is 0 Å². The Bertz CT molecular complexity index is 542. The molecule has 0 spiro atoms. The fourth-order valence-corrected chi connectivity index (χ4v) is 2.14. The van der Waals surface area contributed by atoms with Crippen molar-refractivity contribution >= 4 is 15.9 Å². The van der Waals surface area contributed by atoms with E-state index in [4.69, 9.17) is 10.5 Å². The first-order chi connectivity index (χ1) is 8.65. The molecule has 1 aromatic heterocycles. The lowest BCUT2D eigenvalue weighted by atomic mass is 10.1. The Balaban J connectivity index is 2.31. The Labute approximate surface area is 113 Å². The first-order valence-corrected chi connectivity index (χ1v) is 6.22. The summed E-state index contributed by atoms with van der Waals surface area (Å²) in [7, 11) is 1.62. The lowest BCUT2D eigenvalue weighted by molar-refractivity contribution is 0.177. The van der Waals surface area contributed by atoms with Crippen LogP contribution >= 0.6 is 15.9 Å². The van der Waals surface area contributed by atoms with Crippen LogP contribution in [0.3, 0.4) is 0 Å². The van der Waals surface area contributed by atoms with Crippen LogP contribution < -0.4 is 10.5 Å². The molecule has 1 heterocycles. The van der Waals surface area contributed by atoms with Crippen molar-refractivity contribution in [3.05, 3.63) is 34.7 Å². The number of aromatic amines is 1. The SMILES string of the molecule is COc1ccc(-c2cnc(C(O)CN)[nH]2)cc1Br. The standard InChI is InChI=1S/C12H14BrN3O2/c1-18-11-3-2-7(4-8(11)13)9-6-15-12(16-9)10(17)5-14/h2-4,6,10,17H,5,14H2,1H3,(H,15,16). The Morgan fingerprint density at radius 2 is 2.33 bits per heavy atom. The van der Waals surface area contributed by atoms with Gasteiger partial charge in [-0.2, -0.15) is 0 Å². The van der Waals surface area contributed by atoms with Gasteiger partial charge < -0.3 is 20.6 Å². The van der Waals surface area contributed by atoms with Gasteiger partial charge in [0.2, 0.25) is 0 Å². The summed E-state index contributed by atoms with van der Waals surface area (Å²) >= 11 is 3.43. The summed E-state index contributed by atoms with van der Waals surface area (Å²) in [5.74, 6) is 1.24. The highest BCUT2D eigenvalue weighted by molar-refractivity contribution is 9.10. The minimum Gasteiger partial charge on any atom is -0.496 e. The quantitative estimate of drug-likeness (QED) is 0.804. The van der Waals surface area contributed by atoms with Crippen LogP contribution in [0.2, 0.25) is 0 Å². The van der Waals surface area contributed by atoms with E-state index in [1.54, 1.807) is 13.3 Å². The van der Waals surface area contributed by atoms with Gasteiger partial charge in [0.25, 0.3) is 0 Å². The van der Waals surface area contributed by atoms with E-state index in [0.29, 0.717) is 5.82 Å². The van der Waals surface area contributed by atoms with Crippen LogP contribution in [0.4, 0.5) is 0 Å². The molecule has 0 aliphatic carbocycles. The first-order valence-electron chi connectivity index (χ1n) is 5.42. The second kappa shape index (κ2) is 5.51. The third-order valence-electron chi connectivity index (χ3n) is 2.60. The van der Waals surface area contributed by atoms with E-state index in [0.717, 1.165) is 21.5 Å². The number of aliphatic hydroxyl groups excluding tert-OH is 1. The van der Waals surface area contributed by atoms with Crippen molar-refractivity contribution in [2.24, 2.45) is 5.73 Å². The van der Waals surface area contributed by atoms with Crippen molar-refractivity contribution in [3.8, 4) is 17.0 Å². The smallest absolute Gasteiger partial charge is 0.136 e. The maximum Gasteiger partial charge on any atom is 0.136 e. The number of rotatable bonds is 4. The number of ether oxygens (including phenoxy) is 1. The second-order valence-electron chi connectivity index (χ2n) is 3.78. The summed E-state index contributed by atoms with van der Waals surface area (Å²) in [4.78, 5) is 7.15. The molecule has 0 amide bonds. The second-order valence-corrected chi connectivity index (χ2v) is 4.64. The minimum atomic E-state index is -0.763. The Morgan fingerprint density at radius 1 is 1.56 bits per heavy atom. The number of aromatic nitrogens is 2. The summed E-state index contributed by atoms with van der Waals surface area (Å²) in [5.41, 5.74) is 7.15. The average Bonchev–Trinajstić information content (AvgIpc) is 2.87. The molecule has 18 heavy (non-hydrogen) atoms. The lowest BCUT2D eigenvalue weighted by Crippen LogP contribution is -2.12. The predicted octanol–water partition coefficient (Wildman–Crippen LogP) is 1.84. The third-order valence-corrected chi connectivity index (χ3v) is 3.22. The molecular formula is C12H14BrN3O2. The molecule has 0 saturated heterocycles. The van der Waals surface area contributed by atoms with Crippen LogP contribution in [0, 0.1) is 0 Å². The molecule has 2 aromatic rings. The maximum atomic E-state index is 9.58. The Kier molecular flexibility index (Phi) is 4.00. The van der Waals surface area contributed by atoms with Crippen LogP contribution in [0.15, 0.2) is 28.9 Å². The van der Waals surface area contributed by atoms with Crippen molar-refractivity contribution < 1.29 is 9.84 Å². The van der Waals surface area contributed by atoms with Gasteiger partial charge in [-0.25, -0.2) is 4.98 Å². The number of methoxy groups -OCH3 is 1. The highest BCUT2D eigenvalue weighted by atomic mass is 79.9. The zero-order valence-corrected chi connectivity index (χ0v) is 11.4. The molecule has 0 aliphatic rings. The number of halogens is 1. The molecule has 0 bridgehead atoms. The average molecular weight is 312 g/mol. The molecule has 0 fully saturated rings. The molecule has 6 heteroatoms. The zero-order chi connectivity index (χ0) is 13.1. The van der Waals surface area contributed by atoms with Gasteiger partial charge in [0.1, 0.15) is 17.7 Å². The number of nitrogens with zero attached hydrogens (tertiary/aromatic N) is 1. The van der Waals surface area contributed by atoms with Gasteiger partial charge >= 0.3 is 0 Å². The molecule has 5 nitrogen and oxygen atoms in total. The van der Waals surface area contributed by atoms with Crippen molar-refractivity contribution in [3.63, 3.8) is 0 Å². The van der Waals surface area contributed by atoms with Crippen molar-refractivity contribution in [1.29, 1.82) is 0 Å². The number of nitrogens with one attached hydrogen (secondary N) is 1. The molecule has 2 rings (SSSR count).